The number of amides is 1. The highest BCUT2D eigenvalue weighted by atomic mass is 16.5. The summed E-state index contributed by atoms with van der Waals surface area (Å²) in [7, 11) is 0. The Kier molecular flexibility index (Phi) is 5.64. The van der Waals surface area contributed by atoms with E-state index in [0.29, 0.717) is 49.1 Å². The number of carbonyl (C=O) groups is 1. The summed E-state index contributed by atoms with van der Waals surface area (Å²) in [5, 5.41) is 7.95. The summed E-state index contributed by atoms with van der Waals surface area (Å²) in [4.78, 5) is 27.3. The third-order valence-corrected chi connectivity index (χ3v) is 5.37. The quantitative estimate of drug-likeness (QED) is 0.625. The van der Waals surface area contributed by atoms with Gasteiger partial charge in [-0.2, -0.15) is 4.98 Å². The first-order chi connectivity index (χ1) is 14.1. The summed E-state index contributed by atoms with van der Waals surface area (Å²) in [6, 6.07) is 0. The molecule has 9 nitrogen and oxygen atoms in total. The highest BCUT2D eigenvalue weighted by Gasteiger charge is 2.26. The standard InChI is InChI=1S/C20H24N6O3/c1-13-16(14(2)28-24-13)5-6-19(27)26-9-3-4-15(12-26)10-18-23-20(25-29-18)17-11-21-7-8-22-17/h7-8,11,15H,3-6,9-10,12H2,1-2H3/t15-/m1/s1. The van der Waals surface area contributed by atoms with Crippen molar-refractivity contribution in [3.8, 4) is 11.5 Å². The second-order valence-corrected chi connectivity index (χ2v) is 7.46. The number of nitrogens with zero attached hydrogens (tertiary/aromatic N) is 6. The maximum Gasteiger partial charge on any atom is 0.227 e. The molecule has 0 spiro atoms. The van der Waals surface area contributed by atoms with Crippen molar-refractivity contribution in [2.75, 3.05) is 13.1 Å². The van der Waals surface area contributed by atoms with Crippen molar-refractivity contribution < 1.29 is 13.8 Å². The zero-order valence-electron chi connectivity index (χ0n) is 16.7. The van der Waals surface area contributed by atoms with E-state index in [-0.39, 0.29) is 5.91 Å². The van der Waals surface area contributed by atoms with Gasteiger partial charge in [0.05, 0.1) is 11.9 Å². The molecule has 0 aliphatic carbocycles. The average molecular weight is 396 g/mol. The molecule has 0 radical (unpaired) electrons. The lowest BCUT2D eigenvalue weighted by Gasteiger charge is -2.32. The van der Waals surface area contributed by atoms with E-state index in [2.05, 4.69) is 25.3 Å². The molecule has 4 heterocycles. The number of carbonyl (C=O) groups excluding carboxylic acids is 1. The van der Waals surface area contributed by atoms with Crippen molar-refractivity contribution in [2.24, 2.45) is 5.92 Å². The predicted octanol–water partition coefficient (Wildman–Crippen LogP) is 2.55. The third kappa shape index (κ3) is 4.49. The van der Waals surface area contributed by atoms with E-state index >= 15 is 0 Å². The maximum atomic E-state index is 12.7. The predicted molar refractivity (Wildman–Crippen MR) is 103 cm³/mol. The smallest absolute Gasteiger partial charge is 0.227 e. The van der Waals surface area contributed by atoms with Crippen LogP contribution in [0.15, 0.2) is 27.6 Å². The monoisotopic (exact) mass is 396 g/mol. The summed E-state index contributed by atoms with van der Waals surface area (Å²) in [6.07, 6.45) is 8.60. The maximum absolute atomic E-state index is 12.7. The van der Waals surface area contributed by atoms with E-state index in [9.17, 15) is 4.79 Å². The number of likely N-dealkylation sites (tertiary alicyclic amines) is 1. The lowest BCUT2D eigenvalue weighted by molar-refractivity contribution is -0.133. The van der Waals surface area contributed by atoms with Gasteiger partial charge in [-0.1, -0.05) is 10.3 Å². The van der Waals surface area contributed by atoms with Crippen LogP contribution in [0.1, 0.15) is 42.2 Å². The Morgan fingerprint density at radius 2 is 2.14 bits per heavy atom. The SMILES string of the molecule is Cc1noc(C)c1CCC(=O)N1CCC[C@H](Cc2nc(-c3cnccn3)no2)C1. The van der Waals surface area contributed by atoms with Crippen molar-refractivity contribution in [3.63, 3.8) is 0 Å². The first kappa shape index (κ1) is 19.2. The van der Waals surface area contributed by atoms with Crippen LogP contribution in [-0.4, -0.2) is 49.2 Å². The van der Waals surface area contributed by atoms with E-state index < -0.39 is 0 Å². The zero-order valence-corrected chi connectivity index (χ0v) is 16.7. The number of aryl methyl sites for hydroxylation is 2. The van der Waals surface area contributed by atoms with Crippen LogP contribution in [0.25, 0.3) is 11.5 Å². The van der Waals surface area contributed by atoms with Crippen LogP contribution in [-0.2, 0) is 17.6 Å². The summed E-state index contributed by atoms with van der Waals surface area (Å²) < 4.78 is 10.6. The molecule has 0 N–H and O–H groups in total. The molecule has 0 saturated carbocycles. The van der Waals surface area contributed by atoms with Gasteiger partial charge in [-0.15, -0.1) is 0 Å². The van der Waals surface area contributed by atoms with E-state index in [1.165, 1.54) is 0 Å². The van der Waals surface area contributed by atoms with Crippen LogP contribution < -0.4 is 0 Å². The molecule has 1 atom stereocenters. The van der Waals surface area contributed by atoms with Gasteiger partial charge in [0.1, 0.15) is 11.5 Å². The van der Waals surface area contributed by atoms with Crippen LogP contribution in [0.4, 0.5) is 0 Å². The second kappa shape index (κ2) is 8.50. The van der Waals surface area contributed by atoms with Gasteiger partial charge >= 0.3 is 0 Å². The minimum absolute atomic E-state index is 0.167. The van der Waals surface area contributed by atoms with Gasteiger partial charge in [0.15, 0.2) is 0 Å². The van der Waals surface area contributed by atoms with Gasteiger partial charge < -0.3 is 13.9 Å². The Labute approximate surface area is 168 Å². The lowest BCUT2D eigenvalue weighted by Crippen LogP contribution is -2.40. The molecule has 1 aliphatic rings. The second-order valence-electron chi connectivity index (χ2n) is 7.46. The van der Waals surface area contributed by atoms with Crippen molar-refractivity contribution in [1.82, 2.24) is 30.2 Å². The molecule has 29 heavy (non-hydrogen) atoms. The largest absolute Gasteiger partial charge is 0.361 e. The molecule has 1 fully saturated rings. The van der Waals surface area contributed by atoms with Gasteiger partial charge in [0.25, 0.3) is 0 Å². The van der Waals surface area contributed by atoms with Crippen LogP contribution in [0, 0.1) is 19.8 Å². The molecule has 9 heteroatoms. The Balaban J connectivity index is 1.32. The molecule has 152 valence electrons. The highest BCUT2D eigenvalue weighted by molar-refractivity contribution is 5.76. The molecule has 3 aromatic rings. The van der Waals surface area contributed by atoms with Crippen molar-refractivity contribution in [2.45, 2.75) is 46.0 Å². The summed E-state index contributed by atoms with van der Waals surface area (Å²) in [5.74, 6) is 2.28. The van der Waals surface area contributed by atoms with Crippen LogP contribution in [0.3, 0.4) is 0 Å². The number of hydrogen-bond donors (Lipinski definition) is 0. The first-order valence-electron chi connectivity index (χ1n) is 9.88. The van der Waals surface area contributed by atoms with Gasteiger partial charge in [0, 0.05) is 43.9 Å². The van der Waals surface area contributed by atoms with E-state index in [4.69, 9.17) is 9.05 Å². The van der Waals surface area contributed by atoms with E-state index in [0.717, 1.165) is 36.4 Å². The van der Waals surface area contributed by atoms with E-state index in [1.807, 2.05) is 18.7 Å². The molecule has 4 rings (SSSR count). The van der Waals surface area contributed by atoms with Gasteiger partial charge in [-0.3, -0.25) is 9.78 Å². The minimum atomic E-state index is 0.167. The van der Waals surface area contributed by atoms with Gasteiger partial charge in [-0.05, 0) is 39.0 Å². The Bertz CT molecular complexity index is 948. The molecular weight excluding hydrogens is 372 g/mol. The summed E-state index contributed by atoms with van der Waals surface area (Å²) >= 11 is 0. The average Bonchev–Trinajstić information content (AvgIpc) is 3.33. The van der Waals surface area contributed by atoms with Gasteiger partial charge in [0.2, 0.25) is 17.6 Å². The summed E-state index contributed by atoms with van der Waals surface area (Å²) in [6.45, 7) is 5.30. The number of aromatic nitrogens is 5. The van der Waals surface area contributed by atoms with Crippen LogP contribution in [0.5, 0.6) is 0 Å². The highest BCUT2D eigenvalue weighted by Crippen LogP contribution is 2.23. The molecule has 1 amide bonds. The van der Waals surface area contributed by atoms with Crippen molar-refractivity contribution in [1.29, 1.82) is 0 Å². The Morgan fingerprint density at radius 1 is 1.24 bits per heavy atom. The van der Waals surface area contributed by atoms with Crippen LogP contribution in [0.2, 0.25) is 0 Å². The molecular formula is C20H24N6O3. The Morgan fingerprint density at radius 3 is 2.90 bits per heavy atom. The molecule has 1 aliphatic heterocycles. The third-order valence-electron chi connectivity index (χ3n) is 5.37. The molecule has 0 aromatic carbocycles. The zero-order chi connectivity index (χ0) is 20.2. The first-order valence-corrected chi connectivity index (χ1v) is 9.88. The normalized spacial score (nSPS) is 16.9. The van der Waals surface area contributed by atoms with Crippen molar-refractivity contribution in [3.05, 3.63) is 41.5 Å². The summed E-state index contributed by atoms with van der Waals surface area (Å²) in [5.41, 5.74) is 2.48. The number of piperidine rings is 1. The van der Waals surface area contributed by atoms with E-state index in [1.54, 1.807) is 18.6 Å². The fourth-order valence-corrected chi connectivity index (χ4v) is 3.81. The molecule has 0 bridgehead atoms. The lowest BCUT2D eigenvalue weighted by atomic mass is 9.94. The minimum Gasteiger partial charge on any atom is -0.361 e. The van der Waals surface area contributed by atoms with Gasteiger partial charge in [-0.25, -0.2) is 4.98 Å². The molecule has 1 saturated heterocycles. The van der Waals surface area contributed by atoms with Crippen LogP contribution >= 0.6 is 0 Å². The topological polar surface area (TPSA) is 111 Å². The molecule has 3 aromatic heterocycles. The number of hydrogen-bond acceptors (Lipinski definition) is 8. The fraction of sp³-hybridized carbons (Fsp3) is 0.500. The Hall–Kier alpha value is -3.10. The fourth-order valence-electron chi connectivity index (χ4n) is 3.81. The molecule has 0 unspecified atom stereocenters. The number of rotatable bonds is 6. The van der Waals surface area contributed by atoms with Crippen molar-refractivity contribution >= 4 is 5.91 Å².